The van der Waals surface area contributed by atoms with Gasteiger partial charge < -0.3 is 4.74 Å². The third kappa shape index (κ3) is 2.25. The molecule has 1 heterocycles. The molecule has 0 spiro atoms. The monoisotopic (exact) mass is 306 g/mol. The van der Waals surface area contributed by atoms with Crippen molar-refractivity contribution in [2.45, 2.75) is 12.5 Å². The summed E-state index contributed by atoms with van der Waals surface area (Å²) in [6, 6.07) is 6.62. The standard InChI is InChI=1S/C11H12FIO/c12-10-3-1-9(2-4-10)11-5-8(6-13)7-14-11/h1-4,8,11H,5-7H2/t8-,11+/m0/s1. The lowest BCUT2D eigenvalue weighted by atomic mass is 10.0. The summed E-state index contributed by atoms with van der Waals surface area (Å²) in [6.45, 7) is 0.838. The smallest absolute Gasteiger partial charge is 0.123 e. The predicted molar refractivity (Wildman–Crippen MR) is 62.1 cm³/mol. The van der Waals surface area contributed by atoms with Crippen molar-refractivity contribution in [2.24, 2.45) is 5.92 Å². The first kappa shape index (κ1) is 10.4. The van der Waals surface area contributed by atoms with Crippen LogP contribution < -0.4 is 0 Å². The van der Waals surface area contributed by atoms with Crippen molar-refractivity contribution in [3.8, 4) is 0 Å². The minimum Gasteiger partial charge on any atom is -0.373 e. The number of benzene rings is 1. The van der Waals surface area contributed by atoms with Gasteiger partial charge >= 0.3 is 0 Å². The average molecular weight is 306 g/mol. The highest BCUT2D eigenvalue weighted by molar-refractivity contribution is 14.1. The van der Waals surface area contributed by atoms with Gasteiger partial charge in [-0.1, -0.05) is 34.7 Å². The summed E-state index contributed by atoms with van der Waals surface area (Å²) in [5, 5.41) is 0. The zero-order chi connectivity index (χ0) is 9.97. The van der Waals surface area contributed by atoms with Crippen molar-refractivity contribution in [3.63, 3.8) is 0 Å². The topological polar surface area (TPSA) is 9.23 Å². The molecule has 0 amide bonds. The van der Waals surface area contributed by atoms with Crippen molar-refractivity contribution in [3.05, 3.63) is 35.6 Å². The Morgan fingerprint density at radius 2 is 2.07 bits per heavy atom. The predicted octanol–water partition coefficient (Wildman–Crippen LogP) is 3.34. The highest BCUT2D eigenvalue weighted by atomic mass is 127. The number of halogens is 2. The maximum Gasteiger partial charge on any atom is 0.123 e. The van der Waals surface area contributed by atoms with Crippen LogP contribution in [0.2, 0.25) is 0 Å². The van der Waals surface area contributed by atoms with Gasteiger partial charge in [-0.05, 0) is 30.0 Å². The van der Waals surface area contributed by atoms with Gasteiger partial charge in [-0.3, -0.25) is 0 Å². The maximum absolute atomic E-state index is 12.7. The van der Waals surface area contributed by atoms with Crippen LogP contribution in [-0.4, -0.2) is 11.0 Å². The van der Waals surface area contributed by atoms with Crippen LogP contribution in [0.3, 0.4) is 0 Å². The molecular formula is C11H12FIO. The van der Waals surface area contributed by atoms with Gasteiger partial charge in [0.25, 0.3) is 0 Å². The van der Waals surface area contributed by atoms with E-state index in [4.69, 9.17) is 4.74 Å². The van der Waals surface area contributed by atoms with E-state index < -0.39 is 0 Å². The average Bonchev–Trinajstić information content (AvgIpc) is 2.67. The lowest BCUT2D eigenvalue weighted by Gasteiger charge is -2.08. The third-order valence-corrected chi connectivity index (χ3v) is 3.79. The Hall–Kier alpha value is -0.160. The summed E-state index contributed by atoms with van der Waals surface area (Å²) in [6.07, 6.45) is 1.24. The minimum atomic E-state index is -0.183. The second-order valence-corrected chi connectivity index (χ2v) is 4.51. The summed E-state index contributed by atoms with van der Waals surface area (Å²) >= 11 is 2.38. The van der Waals surface area contributed by atoms with Gasteiger partial charge in [-0.2, -0.15) is 0 Å². The van der Waals surface area contributed by atoms with Crippen LogP contribution in [0, 0.1) is 11.7 Å². The number of ether oxygens (including phenoxy) is 1. The molecule has 0 N–H and O–H groups in total. The summed E-state index contributed by atoms with van der Waals surface area (Å²) in [4.78, 5) is 0. The quantitative estimate of drug-likeness (QED) is 0.601. The Labute approximate surface area is 96.8 Å². The minimum absolute atomic E-state index is 0.176. The first-order valence-electron chi connectivity index (χ1n) is 4.72. The Bertz CT molecular complexity index is 299. The molecule has 0 aliphatic carbocycles. The summed E-state index contributed by atoms with van der Waals surface area (Å²) in [5.41, 5.74) is 1.10. The van der Waals surface area contributed by atoms with Crippen molar-refractivity contribution < 1.29 is 9.13 Å². The fraction of sp³-hybridized carbons (Fsp3) is 0.455. The molecule has 1 aliphatic heterocycles. The Morgan fingerprint density at radius 3 is 2.64 bits per heavy atom. The van der Waals surface area contributed by atoms with Crippen molar-refractivity contribution >= 4 is 22.6 Å². The molecule has 1 saturated heterocycles. The normalized spacial score (nSPS) is 26.7. The molecule has 0 radical (unpaired) electrons. The van der Waals surface area contributed by atoms with Gasteiger partial charge in [0.05, 0.1) is 12.7 Å². The highest BCUT2D eigenvalue weighted by Gasteiger charge is 2.25. The fourth-order valence-corrected chi connectivity index (χ4v) is 2.32. The molecule has 1 aromatic carbocycles. The van der Waals surface area contributed by atoms with Crippen molar-refractivity contribution in [2.75, 3.05) is 11.0 Å². The molecule has 3 heteroatoms. The third-order valence-electron chi connectivity index (χ3n) is 2.54. The Morgan fingerprint density at radius 1 is 1.36 bits per heavy atom. The van der Waals surface area contributed by atoms with E-state index in [1.165, 1.54) is 12.1 Å². The first-order valence-corrected chi connectivity index (χ1v) is 6.25. The molecule has 1 fully saturated rings. The largest absolute Gasteiger partial charge is 0.373 e. The molecule has 1 aliphatic rings. The molecule has 0 saturated carbocycles. The Kier molecular flexibility index (Phi) is 3.38. The number of hydrogen-bond donors (Lipinski definition) is 0. The molecule has 2 atom stereocenters. The van der Waals surface area contributed by atoms with E-state index in [9.17, 15) is 4.39 Å². The first-order chi connectivity index (χ1) is 6.79. The van der Waals surface area contributed by atoms with Crippen molar-refractivity contribution in [1.82, 2.24) is 0 Å². The molecule has 1 nitrogen and oxygen atoms in total. The maximum atomic E-state index is 12.7. The molecule has 0 aromatic heterocycles. The second kappa shape index (κ2) is 4.57. The van der Waals surface area contributed by atoms with Gasteiger partial charge in [0, 0.05) is 4.43 Å². The zero-order valence-electron chi connectivity index (χ0n) is 7.75. The van der Waals surface area contributed by atoms with Gasteiger partial charge in [0.2, 0.25) is 0 Å². The SMILES string of the molecule is Fc1ccc([C@H]2C[C@@H](CI)CO2)cc1. The number of hydrogen-bond acceptors (Lipinski definition) is 1. The van der Waals surface area contributed by atoms with Crippen LogP contribution in [0.5, 0.6) is 0 Å². The van der Waals surface area contributed by atoms with Gasteiger partial charge in [-0.15, -0.1) is 0 Å². The molecular weight excluding hydrogens is 294 g/mol. The molecule has 14 heavy (non-hydrogen) atoms. The van der Waals surface area contributed by atoms with Crippen LogP contribution in [0.25, 0.3) is 0 Å². The van der Waals surface area contributed by atoms with E-state index in [1.54, 1.807) is 0 Å². The molecule has 0 unspecified atom stereocenters. The summed E-state index contributed by atoms with van der Waals surface area (Å²) in [5.74, 6) is 0.475. The summed E-state index contributed by atoms with van der Waals surface area (Å²) in [7, 11) is 0. The fourth-order valence-electron chi connectivity index (χ4n) is 1.71. The van der Waals surface area contributed by atoms with Gasteiger partial charge in [0.15, 0.2) is 0 Å². The van der Waals surface area contributed by atoms with E-state index in [0.717, 1.165) is 23.0 Å². The lowest BCUT2D eigenvalue weighted by Crippen LogP contribution is -1.98. The van der Waals surface area contributed by atoms with Crippen LogP contribution in [0.4, 0.5) is 4.39 Å². The molecule has 76 valence electrons. The zero-order valence-corrected chi connectivity index (χ0v) is 9.91. The molecule has 1 aromatic rings. The molecule has 0 bridgehead atoms. The van der Waals surface area contributed by atoms with Crippen LogP contribution in [-0.2, 0) is 4.74 Å². The van der Waals surface area contributed by atoms with Crippen LogP contribution in [0.1, 0.15) is 18.1 Å². The highest BCUT2D eigenvalue weighted by Crippen LogP contribution is 2.33. The van der Waals surface area contributed by atoms with E-state index in [2.05, 4.69) is 22.6 Å². The second-order valence-electron chi connectivity index (χ2n) is 3.63. The number of alkyl halides is 1. The molecule has 2 rings (SSSR count). The number of rotatable bonds is 2. The van der Waals surface area contributed by atoms with Crippen LogP contribution in [0.15, 0.2) is 24.3 Å². The van der Waals surface area contributed by atoms with Gasteiger partial charge in [-0.25, -0.2) is 4.39 Å². The van der Waals surface area contributed by atoms with Crippen LogP contribution >= 0.6 is 22.6 Å². The summed E-state index contributed by atoms with van der Waals surface area (Å²) < 4.78 is 19.5. The van der Waals surface area contributed by atoms with E-state index in [0.29, 0.717) is 5.92 Å². The van der Waals surface area contributed by atoms with E-state index in [-0.39, 0.29) is 11.9 Å². The van der Waals surface area contributed by atoms with Crippen molar-refractivity contribution in [1.29, 1.82) is 0 Å². The lowest BCUT2D eigenvalue weighted by molar-refractivity contribution is 0.108. The Balaban J connectivity index is 2.06. The van der Waals surface area contributed by atoms with Gasteiger partial charge in [0.1, 0.15) is 5.82 Å². The van der Waals surface area contributed by atoms with E-state index >= 15 is 0 Å². The van der Waals surface area contributed by atoms with E-state index in [1.807, 2.05) is 12.1 Å².